The molecule has 2 aromatic heterocycles. The van der Waals surface area contributed by atoms with Gasteiger partial charge in [0.15, 0.2) is 5.78 Å². The molecule has 2 atom stereocenters. The van der Waals surface area contributed by atoms with Gasteiger partial charge in [0.1, 0.15) is 34.6 Å². The number of Topliss-reactive ketones (excluding diaryl/α,β-unsaturated/α-hetero) is 1. The summed E-state index contributed by atoms with van der Waals surface area (Å²) in [6.45, 7) is 4.41. The first-order chi connectivity index (χ1) is 21.6. The van der Waals surface area contributed by atoms with E-state index in [9.17, 15) is 24.3 Å². The van der Waals surface area contributed by atoms with Gasteiger partial charge in [-0.1, -0.05) is 18.2 Å². The number of fused-ring (bicyclic) bond motifs is 1. The molecule has 2 amide bonds. The zero-order valence-corrected chi connectivity index (χ0v) is 26.1. The summed E-state index contributed by atoms with van der Waals surface area (Å²) in [5.41, 5.74) is 0.341. The number of thiophene rings is 1. The standard InChI is InChI=1S/C32H35N3O9S/c1-17-24-26(36)32(14-19(15-32)27(37)34-18(2)30(38)39)31(40)35(29(24)45-25(17)28-33-10-13-43-28)16-23(44-20-8-11-42-12-9-20)21-6-4-5-7-22(21)41-3/h4-7,10,13,18-20,23H,8-9,11-12,14-16H2,1-3H3,(H,34,37)(H,38,39)/t18-,19?,23+,32?/m1/s1. The Bertz CT molecular complexity index is 1610. The molecule has 1 saturated carbocycles. The van der Waals surface area contributed by atoms with E-state index in [4.69, 9.17) is 18.6 Å². The predicted molar refractivity (Wildman–Crippen MR) is 162 cm³/mol. The van der Waals surface area contributed by atoms with Crippen LogP contribution in [0.4, 0.5) is 5.00 Å². The smallest absolute Gasteiger partial charge is 0.325 e. The number of nitrogens with one attached hydrogen (secondary N) is 1. The first kappa shape index (κ1) is 30.9. The van der Waals surface area contributed by atoms with E-state index >= 15 is 0 Å². The second-order valence-electron chi connectivity index (χ2n) is 11.8. The third kappa shape index (κ3) is 5.53. The molecule has 2 fully saturated rings. The number of anilines is 1. The summed E-state index contributed by atoms with van der Waals surface area (Å²) in [4.78, 5) is 59.6. The van der Waals surface area contributed by atoms with Crippen LogP contribution < -0.4 is 15.0 Å². The highest BCUT2D eigenvalue weighted by molar-refractivity contribution is 7.20. The largest absolute Gasteiger partial charge is 0.496 e. The molecule has 2 aliphatic heterocycles. The van der Waals surface area contributed by atoms with E-state index in [-0.39, 0.29) is 31.3 Å². The lowest BCUT2D eigenvalue weighted by Gasteiger charge is -2.49. The van der Waals surface area contributed by atoms with E-state index in [1.54, 1.807) is 12.0 Å². The van der Waals surface area contributed by atoms with Gasteiger partial charge in [-0.2, -0.15) is 0 Å². The van der Waals surface area contributed by atoms with Crippen LogP contribution in [0.3, 0.4) is 0 Å². The minimum atomic E-state index is -1.47. The summed E-state index contributed by atoms with van der Waals surface area (Å²) >= 11 is 1.26. The number of oxazole rings is 1. The SMILES string of the molecule is COc1ccccc1[C@H](CN1C(=O)C2(CC(C(=O)N[C@H](C)C(=O)O)C2)C(=O)c2c1sc(-c1ncco1)c2C)OC1CCOCC1. The normalized spacial score (nSPS) is 22.9. The summed E-state index contributed by atoms with van der Waals surface area (Å²) in [5, 5.41) is 12.2. The Morgan fingerprint density at radius 1 is 1.22 bits per heavy atom. The van der Waals surface area contributed by atoms with Crippen LogP contribution in [0.5, 0.6) is 5.75 Å². The second kappa shape index (κ2) is 12.4. The van der Waals surface area contributed by atoms with Gasteiger partial charge in [-0.05, 0) is 51.2 Å². The van der Waals surface area contributed by atoms with Crippen molar-refractivity contribution in [3.8, 4) is 16.5 Å². The number of aliphatic carboxylic acids is 1. The molecule has 0 unspecified atom stereocenters. The number of methoxy groups -OCH3 is 1. The van der Waals surface area contributed by atoms with Crippen molar-refractivity contribution in [1.29, 1.82) is 0 Å². The molecule has 1 saturated heterocycles. The summed E-state index contributed by atoms with van der Waals surface area (Å²) in [6.07, 6.45) is 3.61. The van der Waals surface area contributed by atoms with Gasteiger partial charge in [0, 0.05) is 24.7 Å². The second-order valence-corrected chi connectivity index (χ2v) is 12.8. The van der Waals surface area contributed by atoms with E-state index in [1.807, 2.05) is 31.2 Å². The highest BCUT2D eigenvalue weighted by Crippen LogP contribution is 2.57. The quantitative estimate of drug-likeness (QED) is 0.309. The molecule has 45 heavy (non-hydrogen) atoms. The Morgan fingerprint density at radius 2 is 1.96 bits per heavy atom. The van der Waals surface area contributed by atoms with Crippen LogP contribution in [0.25, 0.3) is 10.8 Å². The molecule has 4 heterocycles. The van der Waals surface area contributed by atoms with Crippen molar-refractivity contribution in [1.82, 2.24) is 10.3 Å². The molecule has 1 spiro atoms. The van der Waals surface area contributed by atoms with Gasteiger partial charge in [-0.3, -0.25) is 24.1 Å². The van der Waals surface area contributed by atoms with Gasteiger partial charge in [-0.15, -0.1) is 11.3 Å². The lowest BCUT2D eigenvalue weighted by Crippen LogP contribution is -2.62. The minimum absolute atomic E-state index is 0.0253. The number of amides is 2. The van der Waals surface area contributed by atoms with E-state index in [0.717, 1.165) is 5.56 Å². The molecule has 6 rings (SSSR count). The summed E-state index contributed by atoms with van der Waals surface area (Å²) in [7, 11) is 1.58. The summed E-state index contributed by atoms with van der Waals surface area (Å²) in [6, 6.07) is 6.40. The number of ether oxygens (including phenoxy) is 3. The third-order valence-corrected chi connectivity index (χ3v) is 10.3. The third-order valence-electron chi connectivity index (χ3n) is 8.97. The van der Waals surface area contributed by atoms with E-state index in [2.05, 4.69) is 10.3 Å². The first-order valence-electron chi connectivity index (χ1n) is 14.9. The topological polar surface area (TPSA) is 158 Å². The minimum Gasteiger partial charge on any atom is -0.496 e. The zero-order valence-electron chi connectivity index (χ0n) is 25.2. The fraction of sp³-hybridized carbons (Fsp3) is 0.469. The Hall–Kier alpha value is -4.07. The van der Waals surface area contributed by atoms with Crippen LogP contribution in [0.15, 0.2) is 41.1 Å². The number of nitrogens with zero attached hydrogens (tertiary/aromatic N) is 2. The van der Waals surface area contributed by atoms with E-state index in [1.165, 1.54) is 30.7 Å². The van der Waals surface area contributed by atoms with E-state index in [0.29, 0.717) is 58.7 Å². The van der Waals surface area contributed by atoms with Gasteiger partial charge in [0.05, 0.1) is 36.4 Å². The molecular formula is C32H35N3O9S. The number of carboxylic acid groups (broad SMARTS) is 1. The molecule has 3 aromatic rings. The molecule has 238 valence electrons. The van der Waals surface area contributed by atoms with Crippen LogP contribution in [0, 0.1) is 18.3 Å². The summed E-state index contributed by atoms with van der Waals surface area (Å²) in [5.74, 6) is -2.15. The lowest BCUT2D eigenvalue weighted by atomic mass is 9.56. The Labute approximate surface area is 263 Å². The van der Waals surface area contributed by atoms with Gasteiger partial charge in [0.2, 0.25) is 17.7 Å². The van der Waals surface area contributed by atoms with Crippen molar-refractivity contribution in [3.63, 3.8) is 0 Å². The van der Waals surface area contributed by atoms with E-state index < -0.39 is 41.3 Å². The van der Waals surface area contributed by atoms with Crippen LogP contribution in [0.2, 0.25) is 0 Å². The number of aromatic nitrogens is 1. The predicted octanol–water partition coefficient (Wildman–Crippen LogP) is 4.17. The van der Waals surface area contributed by atoms with Crippen molar-refractivity contribution in [2.75, 3.05) is 31.8 Å². The first-order valence-corrected chi connectivity index (χ1v) is 15.8. The molecule has 13 heteroatoms. The van der Waals surface area contributed by atoms with Gasteiger partial charge >= 0.3 is 5.97 Å². The van der Waals surface area contributed by atoms with Crippen molar-refractivity contribution in [2.24, 2.45) is 11.3 Å². The van der Waals surface area contributed by atoms with Crippen LogP contribution in [0.1, 0.15) is 60.2 Å². The molecule has 1 aromatic carbocycles. The molecule has 0 bridgehead atoms. The lowest BCUT2D eigenvalue weighted by molar-refractivity contribution is -0.146. The molecule has 3 aliphatic rings. The van der Waals surface area contributed by atoms with Crippen LogP contribution in [-0.2, 0) is 23.9 Å². The highest BCUT2D eigenvalue weighted by atomic mass is 32.1. The average molecular weight is 638 g/mol. The monoisotopic (exact) mass is 637 g/mol. The van der Waals surface area contributed by atoms with Gasteiger partial charge < -0.3 is 29.1 Å². The van der Waals surface area contributed by atoms with Crippen molar-refractivity contribution >= 4 is 39.9 Å². The number of ketones is 1. The molecule has 2 N–H and O–H groups in total. The van der Waals surface area contributed by atoms with Crippen molar-refractivity contribution in [2.45, 2.75) is 57.8 Å². The summed E-state index contributed by atoms with van der Waals surface area (Å²) < 4.78 is 23.5. The number of benzene rings is 1. The molecule has 0 radical (unpaired) electrons. The van der Waals surface area contributed by atoms with Crippen LogP contribution >= 0.6 is 11.3 Å². The Balaban J connectivity index is 1.39. The van der Waals surface area contributed by atoms with Crippen molar-refractivity contribution < 1.29 is 42.9 Å². The Morgan fingerprint density at radius 3 is 2.62 bits per heavy atom. The number of carbonyl (C=O) groups excluding carboxylic acids is 3. The van der Waals surface area contributed by atoms with Crippen molar-refractivity contribution in [3.05, 3.63) is 53.4 Å². The number of carbonyl (C=O) groups is 4. The number of carboxylic acids is 1. The number of rotatable bonds is 10. The van der Waals surface area contributed by atoms with Gasteiger partial charge in [-0.25, -0.2) is 4.98 Å². The fourth-order valence-corrected chi connectivity index (χ4v) is 7.68. The van der Waals surface area contributed by atoms with Gasteiger partial charge in [0.25, 0.3) is 0 Å². The Kier molecular flexibility index (Phi) is 8.51. The fourth-order valence-electron chi connectivity index (χ4n) is 6.43. The average Bonchev–Trinajstić information content (AvgIpc) is 3.66. The molecule has 12 nitrogen and oxygen atoms in total. The molecular weight excluding hydrogens is 602 g/mol. The maximum atomic E-state index is 14.6. The highest BCUT2D eigenvalue weighted by Gasteiger charge is 2.63. The molecule has 1 aliphatic carbocycles. The number of para-hydroxylation sites is 1. The maximum Gasteiger partial charge on any atom is 0.325 e. The number of hydrogen-bond donors (Lipinski definition) is 2. The number of hydrogen-bond acceptors (Lipinski definition) is 10. The zero-order chi connectivity index (χ0) is 31.9. The maximum absolute atomic E-state index is 14.6. The van der Waals surface area contributed by atoms with Crippen LogP contribution in [-0.4, -0.2) is 72.7 Å².